The van der Waals surface area contributed by atoms with Crippen molar-refractivity contribution in [3.63, 3.8) is 0 Å². The molecule has 0 radical (unpaired) electrons. The lowest BCUT2D eigenvalue weighted by Crippen LogP contribution is -1.81. The molecule has 62 valence electrons. The molecule has 0 aromatic carbocycles. The molecule has 0 spiro atoms. The first-order valence-electron chi connectivity index (χ1n) is 4.16. The summed E-state index contributed by atoms with van der Waals surface area (Å²) in [6.45, 7) is 5.95. The van der Waals surface area contributed by atoms with Gasteiger partial charge < -0.3 is 0 Å². The molecule has 0 N–H and O–H groups in total. The van der Waals surface area contributed by atoms with E-state index >= 15 is 0 Å². The zero-order valence-corrected chi connectivity index (χ0v) is 7.82. The van der Waals surface area contributed by atoms with Crippen LogP contribution in [-0.4, -0.2) is 5.38 Å². The van der Waals surface area contributed by atoms with Crippen LogP contribution in [0.15, 0.2) is 23.8 Å². The summed E-state index contributed by atoms with van der Waals surface area (Å²) in [5.41, 5.74) is 2.79. The van der Waals surface area contributed by atoms with Gasteiger partial charge in [-0.3, -0.25) is 0 Å². The van der Waals surface area contributed by atoms with Gasteiger partial charge in [0.15, 0.2) is 0 Å². The topological polar surface area (TPSA) is 0 Å². The van der Waals surface area contributed by atoms with E-state index in [0.717, 1.165) is 12.8 Å². The van der Waals surface area contributed by atoms with Crippen molar-refractivity contribution in [2.75, 3.05) is 0 Å². The number of hydrogen-bond donors (Lipinski definition) is 0. The molecule has 1 heteroatoms. The summed E-state index contributed by atoms with van der Waals surface area (Å²) in [6, 6.07) is 0. The Morgan fingerprint density at radius 1 is 1.82 bits per heavy atom. The van der Waals surface area contributed by atoms with Gasteiger partial charge in [-0.25, -0.2) is 0 Å². The molecular weight excluding hydrogens is 156 g/mol. The van der Waals surface area contributed by atoms with E-state index in [2.05, 4.69) is 19.6 Å². The maximum atomic E-state index is 5.92. The molecule has 0 aromatic heterocycles. The largest absolute Gasteiger partial charge is 0.118 e. The van der Waals surface area contributed by atoms with Crippen LogP contribution in [0.5, 0.6) is 0 Å². The first-order valence-corrected chi connectivity index (χ1v) is 4.60. The lowest BCUT2D eigenvalue weighted by atomic mass is 10.1. The summed E-state index contributed by atoms with van der Waals surface area (Å²) in [7, 11) is 0. The minimum Gasteiger partial charge on any atom is -0.118 e. The van der Waals surface area contributed by atoms with Crippen LogP contribution in [0.4, 0.5) is 0 Å². The summed E-state index contributed by atoms with van der Waals surface area (Å²) in [5.74, 6) is 0. The minimum absolute atomic E-state index is 0.301. The smallest absolute Gasteiger partial charge is 0.0521 e. The molecular formula is C10H15Cl. The Hall–Kier alpha value is -0.230. The molecule has 1 rings (SSSR count). The second kappa shape index (κ2) is 3.96. The van der Waals surface area contributed by atoms with Crippen molar-refractivity contribution in [2.45, 2.75) is 38.0 Å². The Labute approximate surface area is 73.9 Å². The van der Waals surface area contributed by atoms with Crippen molar-refractivity contribution in [3.05, 3.63) is 23.8 Å². The Bertz CT molecular complexity index is 179. The molecule has 11 heavy (non-hydrogen) atoms. The average Bonchev–Trinajstić information content (AvgIpc) is 2.31. The fraction of sp³-hybridized carbons (Fsp3) is 0.600. The van der Waals surface area contributed by atoms with Gasteiger partial charge in [0.05, 0.1) is 5.38 Å². The maximum absolute atomic E-state index is 5.92. The third-order valence-electron chi connectivity index (χ3n) is 2.03. The number of hydrogen-bond acceptors (Lipinski definition) is 0. The highest BCUT2D eigenvalue weighted by molar-refractivity contribution is 6.22. The first-order chi connectivity index (χ1) is 5.18. The fourth-order valence-electron chi connectivity index (χ4n) is 1.33. The number of allylic oxidation sites excluding steroid dienone is 3. The Balaban J connectivity index is 2.27. The van der Waals surface area contributed by atoms with E-state index in [1.165, 1.54) is 24.0 Å². The van der Waals surface area contributed by atoms with Crippen LogP contribution in [-0.2, 0) is 0 Å². The predicted octanol–water partition coefficient (Wildman–Crippen LogP) is 3.67. The highest BCUT2D eigenvalue weighted by atomic mass is 35.5. The lowest BCUT2D eigenvalue weighted by molar-refractivity contribution is 0.843. The van der Waals surface area contributed by atoms with E-state index in [9.17, 15) is 0 Å². The van der Waals surface area contributed by atoms with Crippen molar-refractivity contribution in [1.29, 1.82) is 0 Å². The molecule has 0 saturated heterocycles. The summed E-state index contributed by atoms with van der Waals surface area (Å²) in [5, 5.41) is 0.301. The number of halogens is 1. The second-order valence-corrected chi connectivity index (χ2v) is 3.90. The van der Waals surface area contributed by atoms with E-state index in [4.69, 9.17) is 11.6 Å². The van der Waals surface area contributed by atoms with Crippen molar-refractivity contribution in [2.24, 2.45) is 0 Å². The molecule has 0 nitrogen and oxygen atoms in total. The molecule has 0 aromatic rings. The fourth-order valence-corrected chi connectivity index (χ4v) is 1.62. The Kier molecular flexibility index (Phi) is 3.19. The van der Waals surface area contributed by atoms with E-state index < -0.39 is 0 Å². The first kappa shape index (κ1) is 8.86. The molecule has 0 amide bonds. The average molecular weight is 171 g/mol. The molecule has 0 saturated carbocycles. The number of rotatable bonds is 3. The SMILES string of the molecule is C=C(C)CCC1=CC(Cl)CC1. The Morgan fingerprint density at radius 2 is 2.55 bits per heavy atom. The van der Waals surface area contributed by atoms with Gasteiger partial charge in [-0.05, 0) is 32.6 Å². The highest BCUT2D eigenvalue weighted by Crippen LogP contribution is 2.26. The van der Waals surface area contributed by atoms with Gasteiger partial charge in [0, 0.05) is 0 Å². The van der Waals surface area contributed by atoms with Gasteiger partial charge in [-0.15, -0.1) is 18.2 Å². The zero-order chi connectivity index (χ0) is 8.27. The van der Waals surface area contributed by atoms with Gasteiger partial charge in [0.25, 0.3) is 0 Å². The molecule has 1 aliphatic rings. The normalized spacial score (nSPS) is 23.5. The van der Waals surface area contributed by atoms with Crippen molar-refractivity contribution < 1.29 is 0 Å². The molecule has 0 aliphatic heterocycles. The molecule has 0 heterocycles. The Morgan fingerprint density at radius 3 is 3.00 bits per heavy atom. The van der Waals surface area contributed by atoms with Gasteiger partial charge in [0.1, 0.15) is 0 Å². The van der Waals surface area contributed by atoms with Gasteiger partial charge in [-0.1, -0.05) is 17.2 Å². The predicted molar refractivity (Wildman–Crippen MR) is 51.0 cm³/mol. The molecule has 0 fully saturated rings. The summed E-state index contributed by atoms with van der Waals surface area (Å²) >= 11 is 5.92. The van der Waals surface area contributed by atoms with Gasteiger partial charge >= 0.3 is 0 Å². The van der Waals surface area contributed by atoms with Crippen LogP contribution in [0, 0.1) is 0 Å². The van der Waals surface area contributed by atoms with E-state index in [1.807, 2.05) is 0 Å². The van der Waals surface area contributed by atoms with Crippen LogP contribution in [0.3, 0.4) is 0 Å². The third kappa shape index (κ3) is 3.11. The van der Waals surface area contributed by atoms with E-state index in [-0.39, 0.29) is 0 Å². The monoisotopic (exact) mass is 170 g/mol. The summed E-state index contributed by atoms with van der Waals surface area (Å²) in [6.07, 6.45) is 6.81. The quantitative estimate of drug-likeness (QED) is 0.448. The van der Waals surface area contributed by atoms with Crippen LogP contribution in [0.25, 0.3) is 0 Å². The number of alkyl halides is 1. The zero-order valence-electron chi connectivity index (χ0n) is 7.07. The molecule has 1 unspecified atom stereocenters. The summed E-state index contributed by atoms with van der Waals surface area (Å²) < 4.78 is 0. The third-order valence-corrected chi connectivity index (χ3v) is 2.37. The lowest BCUT2D eigenvalue weighted by Gasteiger charge is -1.99. The van der Waals surface area contributed by atoms with Crippen molar-refractivity contribution in [3.8, 4) is 0 Å². The van der Waals surface area contributed by atoms with Crippen LogP contribution < -0.4 is 0 Å². The van der Waals surface area contributed by atoms with Gasteiger partial charge in [-0.2, -0.15) is 0 Å². The molecule has 1 aliphatic carbocycles. The van der Waals surface area contributed by atoms with Crippen LogP contribution >= 0.6 is 11.6 Å². The summed E-state index contributed by atoms with van der Waals surface area (Å²) in [4.78, 5) is 0. The maximum Gasteiger partial charge on any atom is 0.0521 e. The molecule has 1 atom stereocenters. The van der Waals surface area contributed by atoms with Crippen molar-refractivity contribution in [1.82, 2.24) is 0 Å². The van der Waals surface area contributed by atoms with E-state index in [1.54, 1.807) is 0 Å². The standard InChI is InChI=1S/C10H15Cl/c1-8(2)3-4-9-5-6-10(11)7-9/h7,10H,1,3-6H2,2H3. The molecule has 0 bridgehead atoms. The van der Waals surface area contributed by atoms with Crippen molar-refractivity contribution >= 4 is 11.6 Å². The second-order valence-electron chi connectivity index (χ2n) is 3.34. The van der Waals surface area contributed by atoms with Gasteiger partial charge in [0.2, 0.25) is 0 Å². The van der Waals surface area contributed by atoms with E-state index in [0.29, 0.717) is 5.38 Å². The van der Waals surface area contributed by atoms with Crippen LogP contribution in [0.1, 0.15) is 32.6 Å². The van der Waals surface area contributed by atoms with Crippen LogP contribution in [0.2, 0.25) is 0 Å². The highest BCUT2D eigenvalue weighted by Gasteiger charge is 2.11. The minimum atomic E-state index is 0.301.